The molecule has 0 spiro atoms. The van der Waals surface area contributed by atoms with Gasteiger partial charge in [0.2, 0.25) is 5.95 Å². The molecule has 1 aliphatic rings. The number of aliphatic hydroxyl groups is 1. The predicted molar refractivity (Wildman–Crippen MR) is 110 cm³/mol. The van der Waals surface area contributed by atoms with Crippen molar-refractivity contribution in [2.75, 3.05) is 16.8 Å². The number of aromatic nitrogens is 2. The number of para-hydroxylation sites is 2. The van der Waals surface area contributed by atoms with Crippen LogP contribution in [-0.4, -0.2) is 27.5 Å². The highest BCUT2D eigenvalue weighted by molar-refractivity contribution is 6.29. The fraction of sp³-hybridized carbons (Fsp3) is 0.0952. The lowest BCUT2D eigenvalue weighted by molar-refractivity contribution is -0.112. The average molecular weight is 393 g/mol. The number of carbonyl (C=O) groups excluding carboxylic acids is 1. The van der Waals surface area contributed by atoms with Crippen LogP contribution in [0.2, 0.25) is 5.15 Å². The van der Waals surface area contributed by atoms with E-state index in [-0.39, 0.29) is 29.0 Å². The highest BCUT2D eigenvalue weighted by atomic mass is 35.5. The molecule has 6 nitrogen and oxygen atoms in total. The van der Waals surface area contributed by atoms with E-state index in [0.29, 0.717) is 11.3 Å². The van der Waals surface area contributed by atoms with Crippen LogP contribution in [0.15, 0.2) is 66.2 Å². The van der Waals surface area contributed by atoms with Gasteiger partial charge in [0.25, 0.3) is 5.91 Å². The summed E-state index contributed by atoms with van der Waals surface area (Å²) < 4.78 is 0. The van der Waals surface area contributed by atoms with Gasteiger partial charge < -0.3 is 10.0 Å². The normalized spacial score (nSPS) is 13.3. The number of aryl methyl sites for hydroxylation is 1. The molecule has 1 aliphatic heterocycles. The summed E-state index contributed by atoms with van der Waals surface area (Å²) in [5, 5.41) is 13.6. The Morgan fingerprint density at radius 3 is 2.57 bits per heavy atom. The van der Waals surface area contributed by atoms with Gasteiger partial charge in [0.1, 0.15) is 10.9 Å². The monoisotopic (exact) mass is 392 g/mol. The number of halogens is 1. The first-order valence-electron chi connectivity index (χ1n) is 8.69. The second-order valence-electron chi connectivity index (χ2n) is 6.38. The van der Waals surface area contributed by atoms with Crippen LogP contribution >= 0.6 is 11.6 Å². The zero-order valence-corrected chi connectivity index (χ0v) is 15.8. The number of hydrogen-bond acceptors (Lipinski definition) is 5. The molecular formula is C21H17ClN4O2. The summed E-state index contributed by atoms with van der Waals surface area (Å²) in [5.41, 5.74) is 3.20. The Kier molecular flexibility index (Phi) is 4.71. The molecule has 0 radical (unpaired) electrons. The van der Waals surface area contributed by atoms with E-state index < -0.39 is 5.91 Å². The number of hydrogen-bond donors (Lipinski definition) is 2. The Hall–Kier alpha value is -3.38. The largest absolute Gasteiger partial charge is 0.507 e. The Morgan fingerprint density at radius 2 is 1.82 bits per heavy atom. The van der Waals surface area contributed by atoms with Gasteiger partial charge in [-0.3, -0.25) is 10.1 Å². The molecule has 4 rings (SSSR count). The smallest absolute Gasteiger partial charge is 0.259 e. The van der Waals surface area contributed by atoms with Crippen molar-refractivity contribution in [3.63, 3.8) is 0 Å². The van der Waals surface area contributed by atoms with Crippen molar-refractivity contribution >= 4 is 40.6 Å². The number of nitrogens with one attached hydrogen (secondary N) is 1. The van der Waals surface area contributed by atoms with Crippen LogP contribution in [-0.2, 0) is 4.79 Å². The Labute approximate surface area is 167 Å². The first kappa shape index (κ1) is 18.0. The van der Waals surface area contributed by atoms with Crippen LogP contribution in [0.3, 0.4) is 0 Å². The maximum Gasteiger partial charge on any atom is 0.259 e. The van der Waals surface area contributed by atoms with Gasteiger partial charge in [-0.2, -0.15) is 0 Å². The van der Waals surface area contributed by atoms with E-state index >= 15 is 0 Å². The number of rotatable bonds is 3. The highest BCUT2D eigenvalue weighted by Crippen LogP contribution is 2.38. The molecule has 0 aliphatic carbocycles. The molecule has 2 heterocycles. The zero-order chi connectivity index (χ0) is 19.7. The van der Waals surface area contributed by atoms with Crippen molar-refractivity contribution < 1.29 is 9.90 Å². The van der Waals surface area contributed by atoms with Gasteiger partial charge in [0, 0.05) is 16.9 Å². The summed E-state index contributed by atoms with van der Waals surface area (Å²) in [4.78, 5) is 23.1. The number of aliphatic hydroxyl groups excluding tert-OH is 1. The predicted octanol–water partition coefficient (Wildman–Crippen LogP) is 4.50. The van der Waals surface area contributed by atoms with Crippen molar-refractivity contribution in [2.24, 2.45) is 0 Å². The number of anilines is 3. The summed E-state index contributed by atoms with van der Waals surface area (Å²) in [6.45, 7) is 1.96. The third kappa shape index (κ3) is 3.42. The number of amides is 1. The molecule has 7 heteroatoms. The van der Waals surface area contributed by atoms with E-state index in [4.69, 9.17) is 11.6 Å². The van der Waals surface area contributed by atoms with Gasteiger partial charge in [-0.1, -0.05) is 41.9 Å². The van der Waals surface area contributed by atoms with E-state index in [9.17, 15) is 9.90 Å². The highest BCUT2D eigenvalue weighted by Gasteiger charge is 2.29. The molecule has 0 saturated heterocycles. The number of nitrogens with zero attached hydrogens (tertiary/aromatic N) is 3. The lowest BCUT2D eigenvalue weighted by Gasteiger charge is -2.32. The Balaban J connectivity index is 1.73. The van der Waals surface area contributed by atoms with E-state index in [1.54, 1.807) is 19.1 Å². The summed E-state index contributed by atoms with van der Waals surface area (Å²) in [7, 11) is 0. The van der Waals surface area contributed by atoms with Crippen LogP contribution in [0.1, 0.15) is 11.3 Å². The van der Waals surface area contributed by atoms with Gasteiger partial charge in [0.05, 0.1) is 17.8 Å². The summed E-state index contributed by atoms with van der Waals surface area (Å²) >= 11 is 5.95. The van der Waals surface area contributed by atoms with E-state index in [1.807, 2.05) is 53.4 Å². The number of carbonyl (C=O) groups is 1. The third-order valence-electron chi connectivity index (χ3n) is 4.44. The molecule has 0 saturated carbocycles. The van der Waals surface area contributed by atoms with Crippen molar-refractivity contribution in [1.82, 2.24) is 9.97 Å². The summed E-state index contributed by atoms with van der Waals surface area (Å²) in [6.07, 6.45) is 0. The minimum absolute atomic E-state index is 0.0565. The molecule has 140 valence electrons. The summed E-state index contributed by atoms with van der Waals surface area (Å²) in [6, 6.07) is 18.7. The maximum atomic E-state index is 12.9. The zero-order valence-electron chi connectivity index (χ0n) is 15.1. The molecule has 1 aromatic heterocycles. The molecule has 3 aromatic rings. The van der Waals surface area contributed by atoms with Crippen LogP contribution in [0, 0.1) is 6.92 Å². The molecule has 0 unspecified atom stereocenters. The minimum Gasteiger partial charge on any atom is -0.507 e. The second kappa shape index (κ2) is 7.32. The lowest BCUT2D eigenvalue weighted by Crippen LogP contribution is -2.31. The van der Waals surface area contributed by atoms with Crippen LogP contribution < -0.4 is 10.2 Å². The molecule has 2 N–H and O–H groups in total. The molecule has 0 fully saturated rings. The summed E-state index contributed by atoms with van der Waals surface area (Å²) in [5.74, 6) is -0.436. The van der Waals surface area contributed by atoms with Crippen molar-refractivity contribution in [3.8, 4) is 0 Å². The number of benzene rings is 2. The quantitative estimate of drug-likeness (QED) is 0.642. The van der Waals surface area contributed by atoms with E-state index in [0.717, 1.165) is 11.4 Å². The van der Waals surface area contributed by atoms with Crippen LogP contribution in [0.25, 0.3) is 5.76 Å². The Morgan fingerprint density at radius 1 is 1.11 bits per heavy atom. The molecular weight excluding hydrogens is 376 g/mol. The second-order valence-corrected chi connectivity index (χ2v) is 6.76. The molecule has 1 amide bonds. The fourth-order valence-corrected chi connectivity index (χ4v) is 3.41. The molecule has 2 aromatic carbocycles. The average Bonchev–Trinajstić information content (AvgIpc) is 2.68. The standard InChI is InChI=1S/C21H17ClN4O2/c1-13-11-18(22)24-21(23-13)25-20(28)16-12-26(14-7-3-2-4-8-14)17-10-6-5-9-15(17)19(16)27/h2-11,27H,12H2,1H3,(H,23,24,25,28). The van der Waals surface area contributed by atoms with Crippen LogP contribution in [0.5, 0.6) is 0 Å². The third-order valence-corrected chi connectivity index (χ3v) is 4.64. The SMILES string of the molecule is Cc1cc(Cl)nc(NC(=O)C2=C(O)c3ccccc3N(c3ccccc3)C2)n1. The molecule has 28 heavy (non-hydrogen) atoms. The first-order chi connectivity index (χ1) is 13.5. The first-order valence-corrected chi connectivity index (χ1v) is 9.07. The van der Waals surface area contributed by atoms with Gasteiger partial charge >= 0.3 is 0 Å². The van der Waals surface area contributed by atoms with Crippen LogP contribution in [0.4, 0.5) is 17.3 Å². The topological polar surface area (TPSA) is 78.3 Å². The molecule has 0 bridgehead atoms. The Bertz CT molecular complexity index is 1060. The fourth-order valence-electron chi connectivity index (χ4n) is 3.17. The van der Waals surface area contributed by atoms with Crippen molar-refractivity contribution in [2.45, 2.75) is 6.92 Å². The van der Waals surface area contributed by atoms with Gasteiger partial charge in [0.15, 0.2) is 0 Å². The van der Waals surface area contributed by atoms with E-state index in [2.05, 4.69) is 15.3 Å². The minimum atomic E-state index is -0.477. The van der Waals surface area contributed by atoms with Crippen molar-refractivity contribution in [3.05, 3.63) is 82.6 Å². The van der Waals surface area contributed by atoms with E-state index in [1.165, 1.54) is 0 Å². The van der Waals surface area contributed by atoms with Gasteiger partial charge in [-0.05, 0) is 37.3 Å². The van der Waals surface area contributed by atoms with Gasteiger partial charge in [-0.15, -0.1) is 0 Å². The molecule has 0 atom stereocenters. The maximum absolute atomic E-state index is 12.9. The van der Waals surface area contributed by atoms with Gasteiger partial charge in [-0.25, -0.2) is 9.97 Å². The lowest BCUT2D eigenvalue weighted by atomic mass is 9.99. The number of fused-ring (bicyclic) bond motifs is 1. The van der Waals surface area contributed by atoms with Crippen molar-refractivity contribution in [1.29, 1.82) is 0 Å².